The highest BCUT2D eigenvalue weighted by Gasteiger charge is 2.36. The number of hydrogen-bond donors (Lipinski definition) is 1. The van der Waals surface area contributed by atoms with Crippen LogP contribution in [0.15, 0.2) is 30.7 Å². The predicted octanol–water partition coefficient (Wildman–Crippen LogP) is 1.42. The molecule has 0 spiro atoms. The van der Waals surface area contributed by atoms with E-state index < -0.39 is 11.4 Å². The van der Waals surface area contributed by atoms with Crippen molar-refractivity contribution in [2.75, 3.05) is 31.6 Å². The van der Waals surface area contributed by atoms with E-state index in [2.05, 4.69) is 15.0 Å². The molecule has 26 heavy (non-hydrogen) atoms. The van der Waals surface area contributed by atoms with Gasteiger partial charge in [-0.1, -0.05) is 0 Å². The molecular formula is C18H22FN5O2. The summed E-state index contributed by atoms with van der Waals surface area (Å²) in [6.45, 7) is 3.01. The minimum atomic E-state index is -1.07. The average Bonchev–Trinajstić information content (AvgIpc) is 2.62. The molecule has 138 valence electrons. The van der Waals surface area contributed by atoms with Gasteiger partial charge in [0.15, 0.2) is 0 Å². The maximum absolute atomic E-state index is 13.1. The first kappa shape index (κ1) is 18.2. The number of aryl methyl sites for hydroxylation is 1. The Balaban J connectivity index is 1.68. The van der Waals surface area contributed by atoms with Gasteiger partial charge in [0.2, 0.25) is 0 Å². The number of aromatic nitrogens is 3. The smallest absolute Gasteiger partial charge is 0.273 e. The molecule has 2 aromatic heterocycles. The first-order valence-corrected chi connectivity index (χ1v) is 8.49. The Morgan fingerprint density at radius 2 is 2.12 bits per heavy atom. The summed E-state index contributed by atoms with van der Waals surface area (Å²) in [5, 5.41) is 11.0. The Morgan fingerprint density at radius 1 is 1.31 bits per heavy atom. The van der Waals surface area contributed by atoms with E-state index in [4.69, 9.17) is 0 Å². The molecular weight excluding hydrogens is 337 g/mol. The van der Waals surface area contributed by atoms with E-state index in [9.17, 15) is 14.3 Å². The number of β-amino-alcohol motifs (C(OH)–C–C–N with tert-alkyl or cyclic N) is 1. The molecule has 1 N–H and O–H groups in total. The van der Waals surface area contributed by atoms with Gasteiger partial charge in [0.25, 0.3) is 5.91 Å². The van der Waals surface area contributed by atoms with Crippen LogP contribution in [0.1, 0.15) is 29.0 Å². The Kier molecular flexibility index (Phi) is 5.13. The van der Waals surface area contributed by atoms with Crippen molar-refractivity contribution in [3.63, 3.8) is 0 Å². The number of pyridine rings is 1. The van der Waals surface area contributed by atoms with Gasteiger partial charge in [-0.15, -0.1) is 0 Å². The van der Waals surface area contributed by atoms with Crippen molar-refractivity contribution in [3.05, 3.63) is 47.9 Å². The number of carbonyl (C=O) groups is 1. The molecule has 0 saturated carbocycles. The molecule has 0 aliphatic carbocycles. The molecule has 1 aliphatic heterocycles. The summed E-state index contributed by atoms with van der Waals surface area (Å²) in [5.41, 5.74) is -0.0938. The van der Waals surface area contributed by atoms with E-state index in [0.717, 1.165) is 24.9 Å². The van der Waals surface area contributed by atoms with Gasteiger partial charge in [-0.05, 0) is 31.9 Å². The highest BCUT2D eigenvalue weighted by Crippen LogP contribution is 2.26. The molecule has 7 nitrogen and oxygen atoms in total. The quantitative estimate of drug-likeness (QED) is 0.889. The summed E-state index contributed by atoms with van der Waals surface area (Å²) >= 11 is 0. The van der Waals surface area contributed by atoms with Crippen molar-refractivity contribution in [1.29, 1.82) is 0 Å². The molecule has 0 radical (unpaired) electrons. The van der Waals surface area contributed by atoms with Gasteiger partial charge in [0.1, 0.15) is 17.3 Å². The third-order valence-corrected chi connectivity index (χ3v) is 4.47. The Morgan fingerprint density at radius 3 is 2.77 bits per heavy atom. The number of likely N-dealkylation sites (N-methyl/N-ethyl adjacent to an activating group) is 1. The second-order valence-electron chi connectivity index (χ2n) is 6.79. The number of anilines is 1. The van der Waals surface area contributed by atoms with Crippen molar-refractivity contribution < 1.29 is 14.3 Å². The highest BCUT2D eigenvalue weighted by molar-refractivity contribution is 5.91. The molecule has 0 aromatic carbocycles. The number of halogens is 1. The molecule has 1 atom stereocenters. The van der Waals surface area contributed by atoms with Crippen LogP contribution >= 0.6 is 0 Å². The van der Waals surface area contributed by atoms with Gasteiger partial charge in [-0.2, -0.15) is 0 Å². The summed E-state index contributed by atoms with van der Waals surface area (Å²) < 4.78 is 13.1. The fourth-order valence-electron chi connectivity index (χ4n) is 3.20. The number of amides is 1. The van der Waals surface area contributed by atoms with E-state index >= 15 is 0 Å². The maximum atomic E-state index is 13.1. The number of aliphatic hydroxyl groups is 1. The highest BCUT2D eigenvalue weighted by atomic mass is 19.1. The second-order valence-corrected chi connectivity index (χ2v) is 6.79. The molecule has 0 unspecified atom stereocenters. The van der Waals surface area contributed by atoms with E-state index in [-0.39, 0.29) is 18.1 Å². The topological polar surface area (TPSA) is 82.5 Å². The fraction of sp³-hybridized carbons (Fsp3) is 0.444. The molecule has 1 fully saturated rings. The Labute approximate surface area is 151 Å². The molecule has 1 saturated heterocycles. The monoisotopic (exact) mass is 359 g/mol. The molecule has 0 bridgehead atoms. The van der Waals surface area contributed by atoms with E-state index in [1.807, 2.05) is 4.90 Å². The van der Waals surface area contributed by atoms with E-state index in [1.54, 1.807) is 26.2 Å². The van der Waals surface area contributed by atoms with Crippen LogP contribution in [0.5, 0.6) is 0 Å². The van der Waals surface area contributed by atoms with Crippen LogP contribution in [0.4, 0.5) is 10.2 Å². The molecule has 2 aromatic rings. The van der Waals surface area contributed by atoms with Crippen molar-refractivity contribution in [2.45, 2.75) is 25.4 Å². The van der Waals surface area contributed by atoms with Crippen LogP contribution in [0.2, 0.25) is 0 Å². The standard InChI is InChI=1S/C18H22FN5O2/c1-13-8-21-15(10-20-13)17(25)23(2)11-18(26)6-3-7-24(12-18)16-5-4-14(19)9-22-16/h4-5,8-10,26H,3,6-7,11-12H2,1-2H3/t18-/m1/s1. The van der Waals surface area contributed by atoms with Crippen LogP contribution in [-0.2, 0) is 0 Å². The number of carbonyl (C=O) groups excluding carboxylic acids is 1. The lowest BCUT2D eigenvalue weighted by Crippen LogP contribution is -2.55. The van der Waals surface area contributed by atoms with Gasteiger partial charge < -0.3 is 14.9 Å². The molecule has 1 amide bonds. The number of rotatable bonds is 4. The van der Waals surface area contributed by atoms with Crippen molar-refractivity contribution >= 4 is 11.7 Å². The lowest BCUT2D eigenvalue weighted by atomic mass is 9.92. The summed E-state index contributed by atoms with van der Waals surface area (Å²) in [6, 6.07) is 2.94. The minimum Gasteiger partial charge on any atom is -0.386 e. The largest absolute Gasteiger partial charge is 0.386 e. The average molecular weight is 359 g/mol. The Hall–Kier alpha value is -2.61. The fourth-order valence-corrected chi connectivity index (χ4v) is 3.20. The zero-order valence-electron chi connectivity index (χ0n) is 14.9. The van der Waals surface area contributed by atoms with E-state index in [1.165, 1.54) is 17.2 Å². The van der Waals surface area contributed by atoms with Crippen LogP contribution in [-0.4, -0.2) is 63.1 Å². The normalized spacial score (nSPS) is 20.1. The van der Waals surface area contributed by atoms with Gasteiger partial charge in [0, 0.05) is 26.3 Å². The first-order valence-electron chi connectivity index (χ1n) is 8.49. The van der Waals surface area contributed by atoms with Crippen LogP contribution in [0.25, 0.3) is 0 Å². The lowest BCUT2D eigenvalue weighted by Gasteiger charge is -2.41. The van der Waals surface area contributed by atoms with Crippen molar-refractivity contribution in [2.24, 2.45) is 0 Å². The van der Waals surface area contributed by atoms with Crippen LogP contribution < -0.4 is 4.90 Å². The first-order chi connectivity index (χ1) is 12.4. The lowest BCUT2D eigenvalue weighted by molar-refractivity contribution is -0.000294. The minimum absolute atomic E-state index is 0.166. The van der Waals surface area contributed by atoms with Gasteiger partial charge in [-0.3, -0.25) is 9.78 Å². The van der Waals surface area contributed by atoms with E-state index in [0.29, 0.717) is 18.8 Å². The second kappa shape index (κ2) is 7.33. The third-order valence-electron chi connectivity index (χ3n) is 4.47. The zero-order chi connectivity index (χ0) is 18.7. The molecule has 3 heterocycles. The van der Waals surface area contributed by atoms with Crippen molar-refractivity contribution in [3.8, 4) is 0 Å². The number of piperidine rings is 1. The van der Waals surface area contributed by atoms with Crippen LogP contribution in [0, 0.1) is 12.7 Å². The van der Waals surface area contributed by atoms with Crippen LogP contribution in [0.3, 0.4) is 0 Å². The zero-order valence-corrected chi connectivity index (χ0v) is 14.9. The maximum Gasteiger partial charge on any atom is 0.273 e. The van der Waals surface area contributed by atoms with Crippen molar-refractivity contribution in [1.82, 2.24) is 19.9 Å². The van der Waals surface area contributed by atoms with Gasteiger partial charge >= 0.3 is 0 Å². The summed E-state index contributed by atoms with van der Waals surface area (Å²) in [6.07, 6.45) is 5.46. The molecule has 1 aliphatic rings. The summed E-state index contributed by atoms with van der Waals surface area (Å²) in [4.78, 5) is 28.1. The third kappa shape index (κ3) is 4.13. The molecule has 3 rings (SSSR count). The predicted molar refractivity (Wildman–Crippen MR) is 94.3 cm³/mol. The summed E-state index contributed by atoms with van der Waals surface area (Å²) in [7, 11) is 1.64. The SMILES string of the molecule is Cc1cnc(C(=O)N(C)C[C@]2(O)CCCN(c3ccc(F)cn3)C2)cn1. The number of hydrogen-bond acceptors (Lipinski definition) is 6. The number of nitrogens with zero attached hydrogens (tertiary/aromatic N) is 5. The molecule has 8 heteroatoms. The van der Waals surface area contributed by atoms with Gasteiger partial charge in [0.05, 0.1) is 30.2 Å². The summed E-state index contributed by atoms with van der Waals surface area (Å²) in [5.74, 6) is -0.0728. The Bertz CT molecular complexity index is 768. The van der Waals surface area contributed by atoms with Gasteiger partial charge in [-0.25, -0.2) is 14.4 Å².